The fourth-order valence-corrected chi connectivity index (χ4v) is 1.99. The van der Waals surface area contributed by atoms with Crippen molar-refractivity contribution in [2.24, 2.45) is 0 Å². The van der Waals surface area contributed by atoms with Crippen molar-refractivity contribution in [1.82, 2.24) is 14.8 Å². The SMILES string of the molecule is Cc1nn(C(C)(C)C)c2nc(Cl)c(C(=O)O)cc12. The molecule has 0 aliphatic carbocycles. The number of hydrogen-bond acceptors (Lipinski definition) is 3. The molecule has 0 amide bonds. The van der Waals surface area contributed by atoms with Gasteiger partial charge in [-0.2, -0.15) is 5.10 Å². The zero-order valence-electron chi connectivity index (χ0n) is 10.7. The molecule has 0 aliphatic heterocycles. The summed E-state index contributed by atoms with van der Waals surface area (Å²) in [5.41, 5.74) is 1.11. The number of halogens is 1. The third-order valence-corrected chi connectivity index (χ3v) is 2.95. The van der Waals surface area contributed by atoms with Gasteiger partial charge in [0, 0.05) is 5.39 Å². The van der Waals surface area contributed by atoms with Gasteiger partial charge in [-0.3, -0.25) is 0 Å². The fourth-order valence-electron chi connectivity index (χ4n) is 1.78. The van der Waals surface area contributed by atoms with E-state index in [0.717, 1.165) is 5.69 Å². The molecule has 18 heavy (non-hydrogen) atoms. The number of fused-ring (bicyclic) bond motifs is 1. The van der Waals surface area contributed by atoms with Gasteiger partial charge in [-0.25, -0.2) is 14.5 Å². The monoisotopic (exact) mass is 267 g/mol. The Bertz CT molecular complexity index is 641. The first-order chi connectivity index (χ1) is 8.21. The van der Waals surface area contributed by atoms with E-state index in [1.165, 1.54) is 6.07 Å². The second kappa shape index (κ2) is 3.95. The maximum Gasteiger partial charge on any atom is 0.338 e. The first-order valence-electron chi connectivity index (χ1n) is 5.51. The van der Waals surface area contributed by atoms with Crippen LogP contribution in [-0.2, 0) is 5.54 Å². The number of carboxylic acid groups (broad SMARTS) is 1. The van der Waals surface area contributed by atoms with Gasteiger partial charge in [-0.1, -0.05) is 11.6 Å². The zero-order valence-corrected chi connectivity index (χ0v) is 11.4. The second-order valence-corrected chi connectivity index (χ2v) is 5.53. The van der Waals surface area contributed by atoms with E-state index in [4.69, 9.17) is 16.7 Å². The van der Waals surface area contributed by atoms with Crippen molar-refractivity contribution in [2.45, 2.75) is 33.2 Å². The first kappa shape index (κ1) is 12.8. The van der Waals surface area contributed by atoms with E-state index < -0.39 is 5.97 Å². The Balaban J connectivity index is 2.83. The predicted octanol–water partition coefficient (Wildman–Crippen LogP) is 2.85. The summed E-state index contributed by atoms with van der Waals surface area (Å²) in [5.74, 6) is -1.09. The summed E-state index contributed by atoms with van der Waals surface area (Å²) in [5, 5.41) is 14.1. The smallest absolute Gasteiger partial charge is 0.338 e. The van der Waals surface area contributed by atoms with Crippen LogP contribution in [0.25, 0.3) is 11.0 Å². The number of aryl methyl sites for hydroxylation is 1. The molecule has 2 aromatic rings. The molecule has 0 saturated heterocycles. The summed E-state index contributed by atoms with van der Waals surface area (Å²) in [7, 11) is 0. The van der Waals surface area contributed by atoms with Crippen molar-refractivity contribution in [3.8, 4) is 0 Å². The fraction of sp³-hybridized carbons (Fsp3) is 0.417. The minimum absolute atomic E-state index is 0.000672. The third kappa shape index (κ3) is 1.95. The maximum atomic E-state index is 11.0. The predicted molar refractivity (Wildman–Crippen MR) is 69.2 cm³/mol. The average Bonchev–Trinajstić information content (AvgIpc) is 2.53. The van der Waals surface area contributed by atoms with Crippen molar-refractivity contribution in [3.05, 3.63) is 22.5 Å². The van der Waals surface area contributed by atoms with Crippen LogP contribution in [0.1, 0.15) is 36.8 Å². The van der Waals surface area contributed by atoms with Crippen LogP contribution in [0.5, 0.6) is 0 Å². The van der Waals surface area contributed by atoms with Gasteiger partial charge in [0.25, 0.3) is 0 Å². The highest BCUT2D eigenvalue weighted by atomic mass is 35.5. The summed E-state index contributed by atoms with van der Waals surface area (Å²) < 4.78 is 1.76. The molecule has 0 atom stereocenters. The van der Waals surface area contributed by atoms with Gasteiger partial charge in [-0.05, 0) is 33.8 Å². The summed E-state index contributed by atoms with van der Waals surface area (Å²) in [6, 6.07) is 1.53. The molecule has 0 saturated carbocycles. The van der Waals surface area contributed by atoms with Crippen molar-refractivity contribution < 1.29 is 9.90 Å². The largest absolute Gasteiger partial charge is 0.478 e. The van der Waals surface area contributed by atoms with Crippen LogP contribution >= 0.6 is 11.6 Å². The molecule has 0 radical (unpaired) electrons. The van der Waals surface area contributed by atoms with Crippen LogP contribution in [0.3, 0.4) is 0 Å². The normalized spacial score (nSPS) is 12.1. The van der Waals surface area contributed by atoms with Gasteiger partial charge in [0.15, 0.2) is 5.65 Å². The lowest BCUT2D eigenvalue weighted by molar-refractivity contribution is 0.0697. The Hall–Kier alpha value is -1.62. The minimum atomic E-state index is -1.09. The van der Waals surface area contributed by atoms with Gasteiger partial charge >= 0.3 is 5.97 Å². The average molecular weight is 268 g/mol. The molecule has 0 bridgehead atoms. The lowest BCUT2D eigenvalue weighted by Gasteiger charge is -2.19. The van der Waals surface area contributed by atoms with E-state index in [-0.39, 0.29) is 16.3 Å². The summed E-state index contributed by atoms with van der Waals surface area (Å²) in [6.45, 7) is 7.82. The summed E-state index contributed by atoms with van der Waals surface area (Å²) >= 11 is 5.90. The van der Waals surface area contributed by atoms with Crippen LogP contribution in [0.15, 0.2) is 6.07 Å². The third-order valence-electron chi connectivity index (χ3n) is 2.66. The molecule has 0 aromatic carbocycles. The van der Waals surface area contributed by atoms with Crippen molar-refractivity contribution in [3.63, 3.8) is 0 Å². The van der Waals surface area contributed by atoms with Gasteiger partial charge in [-0.15, -0.1) is 0 Å². The Morgan fingerprint density at radius 3 is 2.56 bits per heavy atom. The zero-order chi connectivity index (χ0) is 13.7. The van der Waals surface area contributed by atoms with Gasteiger partial charge < -0.3 is 5.11 Å². The molecule has 5 nitrogen and oxygen atoms in total. The van der Waals surface area contributed by atoms with Gasteiger partial charge in [0.05, 0.1) is 16.8 Å². The quantitative estimate of drug-likeness (QED) is 0.807. The second-order valence-electron chi connectivity index (χ2n) is 5.17. The van der Waals surface area contributed by atoms with E-state index in [1.807, 2.05) is 27.7 Å². The Labute approximate surface area is 109 Å². The molecule has 6 heteroatoms. The van der Waals surface area contributed by atoms with Gasteiger partial charge in [0.1, 0.15) is 5.15 Å². The number of nitrogens with zero attached hydrogens (tertiary/aromatic N) is 3. The molecule has 2 aromatic heterocycles. The molecule has 0 unspecified atom stereocenters. The highest BCUT2D eigenvalue weighted by molar-refractivity contribution is 6.32. The number of aromatic nitrogens is 3. The minimum Gasteiger partial charge on any atom is -0.478 e. The molecule has 2 heterocycles. The molecule has 0 aliphatic rings. The van der Waals surface area contributed by atoms with Crippen LogP contribution in [-0.4, -0.2) is 25.8 Å². The number of pyridine rings is 1. The lowest BCUT2D eigenvalue weighted by Crippen LogP contribution is -2.23. The van der Waals surface area contributed by atoms with Crippen LogP contribution in [0.2, 0.25) is 5.15 Å². The Kier molecular flexibility index (Phi) is 2.81. The topological polar surface area (TPSA) is 68.0 Å². The van der Waals surface area contributed by atoms with E-state index in [1.54, 1.807) is 4.68 Å². The van der Waals surface area contributed by atoms with Crippen molar-refractivity contribution >= 4 is 28.6 Å². The van der Waals surface area contributed by atoms with E-state index in [2.05, 4.69) is 10.1 Å². The van der Waals surface area contributed by atoms with Crippen molar-refractivity contribution in [2.75, 3.05) is 0 Å². The number of hydrogen-bond donors (Lipinski definition) is 1. The first-order valence-corrected chi connectivity index (χ1v) is 5.89. The standard InChI is InChI=1S/C12H14ClN3O2/c1-6-7-5-8(11(17)18)9(13)14-10(7)16(15-6)12(2,3)4/h5H,1-4H3,(H,17,18). The molecular weight excluding hydrogens is 254 g/mol. The lowest BCUT2D eigenvalue weighted by atomic mass is 10.1. The molecule has 1 N–H and O–H groups in total. The molecular formula is C12H14ClN3O2. The molecule has 96 valence electrons. The maximum absolute atomic E-state index is 11.0. The Morgan fingerprint density at radius 1 is 1.44 bits per heavy atom. The summed E-state index contributed by atoms with van der Waals surface area (Å²) in [4.78, 5) is 15.2. The number of carbonyl (C=O) groups is 1. The molecule has 2 rings (SSSR count). The van der Waals surface area contributed by atoms with Crippen LogP contribution < -0.4 is 0 Å². The molecule has 0 fully saturated rings. The highest BCUT2D eigenvalue weighted by Gasteiger charge is 2.22. The number of carboxylic acids is 1. The summed E-state index contributed by atoms with van der Waals surface area (Å²) in [6.07, 6.45) is 0. The van der Waals surface area contributed by atoms with Crippen LogP contribution in [0, 0.1) is 6.92 Å². The number of rotatable bonds is 1. The van der Waals surface area contributed by atoms with E-state index in [9.17, 15) is 4.79 Å². The van der Waals surface area contributed by atoms with Crippen LogP contribution in [0.4, 0.5) is 0 Å². The van der Waals surface area contributed by atoms with E-state index in [0.29, 0.717) is 11.0 Å². The van der Waals surface area contributed by atoms with E-state index >= 15 is 0 Å². The number of aromatic carboxylic acids is 1. The Morgan fingerprint density at radius 2 is 2.06 bits per heavy atom. The van der Waals surface area contributed by atoms with Gasteiger partial charge in [0.2, 0.25) is 0 Å². The molecule has 0 spiro atoms. The van der Waals surface area contributed by atoms with Crippen molar-refractivity contribution in [1.29, 1.82) is 0 Å². The highest BCUT2D eigenvalue weighted by Crippen LogP contribution is 2.27.